The average Bonchev–Trinajstić information content (AvgIpc) is 2.43. The van der Waals surface area contributed by atoms with Crippen molar-refractivity contribution in [1.29, 1.82) is 0 Å². The van der Waals surface area contributed by atoms with Crippen molar-refractivity contribution in [3.8, 4) is 0 Å². The first-order valence-electron chi connectivity index (χ1n) is 7.89. The molecule has 0 aliphatic heterocycles. The Hall–Kier alpha value is -2.16. The van der Waals surface area contributed by atoms with Gasteiger partial charge in [0.1, 0.15) is 6.29 Å². The average molecular weight is 314 g/mol. The molecule has 0 unspecified atom stereocenters. The van der Waals surface area contributed by atoms with Crippen LogP contribution in [0.2, 0.25) is 0 Å². The lowest BCUT2D eigenvalue weighted by Gasteiger charge is -2.32. The van der Waals surface area contributed by atoms with Crippen LogP contribution in [0.5, 0.6) is 0 Å². The zero-order valence-electron chi connectivity index (χ0n) is 14.4. The Bertz CT molecular complexity index is 611. The summed E-state index contributed by atoms with van der Waals surface area (Å²) in [6, 6.07) is 0. The van der Waals surface area contributed by atoms with Crippen LogP contribution >= 0.6 is 0 Å². The lowest BCUT2D eigenvalue weighted by atomic mass is 9.72. The zero-order chi connectivity index (χ0) is 17.5. The van der Waals surface area contributed by atoms with Crippen molar-refractivity contribution >= 4 is 12.3 Å². The summed E-state index contributed by atoms with van der Waals surface area (Å²) in [5, 5.41) is 8.64. The molecular weight excluding hydrogens is 288 g/mol. The monoisotopic (exact) mass is 314 g/mol. The van der Waals surface area contributed by atoms with Gasteiger partial charge in [0.25, 0.3) is 0 Å². The minimum absolute atomic E-state index is 0.142. The zero-order valence-corrected chi connectivity index (χ0v) is 14.4. The molecule has 0 aromatic rings. The molecule has 1 N–H and O–H groups in total. The molecule has 0 saturated heterocycles. The second-order valence-electron chi connectivity index (χ2n) is 6.64. The van der Waals surface area contributed by atoms with Crippen molar-refractivity contribution in [3.63, 3.8) is 0 Å². The van der Waals surface area contributed by atoms with Crippen molar-refractivity contribution in [1.82, 2.24) is 0 Å². The lowest BCUT2D eigenvalue weighted by molar-refractivity contribution is -0.131. The predicted octanol–water partition coefficient (Wildman–Crippen LogP) is 4.78. The fraction of sp³-hybridized carbons (Fsp3) is 0.400. The van der Waals surface area contributed by atoms with E-state index in [9.17, 15) is 9.59 Å². The van der Waals surface area contributed by atoms with Crippen LogP contribution in [0.4, 0.5) is 0 Å². The summed E-state index contributed by atoms with van der Waals surface area (Å²) >= 11 is 0. The van der Waals surface area contributed by atoms with Crippen LogP contribution in [0.15, 0.2) is 58.7 Å². The smallest absolute Gasteiger partial charge is 0.328 e. The first kappa shape index (κ1) is 18.9. The number of carboxylic acids is 1. The van der Waals surface area contributed by atoms with Crippen molar-refractivity contribution in [2.45, 2.75) is 47.0 Å². The number of carbonyl (C=O) groups excluding carboxylic acids is 1. The summed E-state index contributed by atoms with van der Waals surface area (Å²) < 4.78 is 0. The fourth-order valence-corrected chi connectivity index (χ4v) is 2.88. The molecule has 3 heteroatoms. The molecule has 0 aromatic carbocycles. The summed E-state index contributed by atoms with van der Waals surface area (Å²) in [5.41, 5.74) is 4.02. The van der Waals surface area contributed by atoms with E-state index in [4.69, 9.17) is 5.11 Å². The van der Waals surface area contributed by atoms with E-state index in [0.717, 1.165) is 25.2 Å². The molecule has 1 rings (SSSR count). The van der Waals surface area contributed by atoms with Gasteiger partial charge in [-0.05, 0) is 49.7 Å². The number of hydrogen-bond acceptors (Lipinski definition) is 2. The first-order chi connectivity index (χ1) is 10.8. The number of carbonyl (C=O) groups is 2. The first-order valence-corrected chi connectivity index (χ1v) is 7.89. The van der Waals surface area contributed by atoms with Crippen LogP contribution in [-0.4, -0.2) is 17.4 Å². The minimum Gasteiger partial charge on any atom is -0.478 e. The molecule has 0 spiro atoms. The number of carboxylic acid groups (broad SMARTS) is 1. The van der Waals surface area contributed by atoms with Gasteiger partial charge < -0.3 is 5.11 Å². The highest BCUT2D eigenvalue weighted by Crippen LogP contribution is 2.40. The van der Waals surface area contributed by atoms with E-state index in [1.54, 1.807) is 25.2 Å². The van der Waals surface area contributed by atoms with Gasteiger partial charge in [0, 0.05) is 11.6 Å². The molecule has 23 heavy (non-hydrogen) atoms. The third-order valence-corrected chi connectivity index (χ3v) is 4.12. The van der Waals surface area contributed by atoms with Gasteiger partial charge in [-0.15, -0.1) is 0 Å². The maximum absolute atomic E-state index is 11.2. The van der Waals surface area contributed by atoms with Gasteiger partial charge in [0.15, 0.2) is 0 Å². The molecule has 0 atom stereocenters. The molecule has 124 valence electrons. The van der Waals surface area contributed by atoms with Crippen LogP contribution in [-0.2, 0) is 9.59 Å². The van der Waals surface area contributed by atoms with E-state index in [0.29, 0.717) is 11.1 Å². The molecule has 0 fully saturated rings. The van der Waals surface area contributed by atoms with Gasteiger partial charge >= 0.3 is 5.97 Å². The van der Waals surface area contributed by atoms with Crippen molar-refractivity contribution in [2.24, 2.45) is 5.41 Å². The Morgan fingerprint density at radius 1 is 1.26 bits per heavy atom. The Morgan fingerprint density at radius 3 is 2.52 bits per heavy atom. The summed E-state index contributed by atoms with van der Waals surface area (Å²) in [4.78, 5) is 21.7. The third kappa shape index (κ3) is 6.23. The Kier molecular flexibility index (Phi) is 6.95. The van der Waals surface area contributed by atoms with E-state index >= 15 is 0 Å². The maximum Gasteiger partial charge on any atom is 0.328 e. The quantitative estimate of drug-likeness (QED) is 0.436. The summed E-state index contributed by atoms with van der Waals surface area (Å²) in [5.74, 6) is -0.978. The number of allylic oxidation sites excluding steroid dienone is 9. The lowest BCUT2D eigenvalue weighted by Crippen LogP contribution is -2.19. The topological polar surface area (TPSA) is 54.4 Å². The standard InChI is InChI=1S/C20H26O3/c1-15(13-19(22)23)7-5-9-17(14-21)10-11-18-16(2)8-6-12-20(18,3)4/h5,7,9-11,13-14H,6,8,12H2,1-4H3,(H,22,23)/b7-5+,11-10+,15-13-,17-9-. The molecule has 1 aliphatic carbocycles. The Morgan fingerprint density at radius 2 is 1.96 bits per heavy atom. The second-order valence-corrected chi connectivity index (χ2v) is 6.64. The Labute approximate surface area is 138 Å². The van der Waals surface area contributed by atoms with Crippen molar-refractivity contribution in [2.75, 3.05) is 0 Å². The van der Waals surface area contributed by atoms with E-state index in [2.05, 4.69) is 20.8 Å². The van der Waals surface area contributed by atoms with Gasteiger partial charge in [-0.25, -0.2) is 4.79 Å². The molecule has 1 aliphatic rings. The molecule has 0 aromatic heterocycles. The van der Waals surface area contributed by atoms with Crippen LogP contribution in [0, 0.1) is 5.41 Å². The number of hydrogen-bond donors (Lipinski definition) is 1. The van der Waals surface area contributed by atoms with Crippen molar-refractivity contribution < 1.29 is 14.7 Å². The maximum atomic E-state index is 11.2. The van der Waals surface area contributed by atoms with Crippen LogP contribution in [0.25, 0.3) is 0 Å². The van der Waals surface area contributed by atoms with Gasteiger partial charge in [-0.2, -0.15) is 0 Å². The predicted molar refractivity (Wildman–Crippen MR) is 94.2 cm³/mol. The van der Waals surface area contributed by atoms with Crippen LogP contribution in [0.3, 0.4) is 0 Å². The Balaban J connectivity index is 2.91. The highest BCUT2D eigenvalue weighted by atomic mass is 16.4. The van der Waals surface area contributed by atoms with E-state index in [1.165, 1.54) is 17.6 Å². The molecule has 0 amide bonds. The minimum atomic E-state index is -0.978. The normalized spacial score (nSPS) is 19.7. The van der Waals surface area contributed by atoms with E-state index in [-0.39, 0.29) is 5.41 Å². The molecular formula is C20H26O3. The molecule has 0 bridgehead atoms. The highest BCUT2D eigenvalue weighted by Gasteiger charge is 2.26. The van der Waals surface area contributed by atoms with Gasteiger partial charge in [0.05, 0.1) is 0 Å². The van der Waals surface area contributed by atoms with Crippen LogP contribution in [0.1, 0.15) is 47.0 Å². The van der Waals surface area contributed by atoms with Crippen molar-refractivity contribution in [3.05, 3.63) is 58.7 Å². The van der Waals surface area contributed by atoms with Crippen LogP contribution < -0.4 is 0 Å². The van der Waals surface area contributed by atoms with Gasteiger partial charge in [-0.3, -0.25) is 4.79 Å². The number of aldehydes is 1. The third-order valence-electron chi connectivity index (χ3n) is 4.12. The van der Waals surface area contributed by atoms with E-state index < -0.39 is 5.97 Å². The van der Waals surface area contributed by atoms with Gasteiger partial charge in [-0.1, -0.05) is 49.8 Å². The fourth-order valence-electron chi connectivity index (χ4n) is 2.88. The SMILES string of the molecule is CC1=C(/C=C/C(C=O)=C/C=C/C(C)=C\C(=O)O)C(C)(C)CCC1. The summed E-state index contributed by atoms with van der Waals surface area (Å²) in [6.07, 6.45) is 14.3. The second kappa shape index (κ2) is 8.47. The largest absolute Gasteiger partial charge is 0.478 e. The summed E-state index contributed by atoms with van der Waals surface area (Å²) in [6.45, 7) is 8.33. The van der Waals surface area contributed by atoms with Gasteiger partial charge in [0.2, 0.25) is 0 Å². The summed E-state index contributed by atoms with van der Waals surface area (Å²) in [7, 11) is 0. The molecule has 0 saturated carbocycles. The van der Waals surface area contributed by atoms with E-state index in [1.807, 2.05) is 12.2 Å². The number of rotatable bonds is 6. The molecule has 0 heterocycles. The highest BCUT2D eigenvalue weighted by molar-refractivity contribution is 5.81. The molecule has 3 nitrogen and oxygen atoms in total. The molecule has 0 radical (unpaired) electrons. The number of aliphatic carboxylic acids is 1.